The molecule has 3 heteroatoms. The summed E-state index contributed by atoms with van der Waals surface area (Å²) in [5.41, 5.74) is 9.61. The maximum absolute atomic E-state index is 5.27. The molecule has 0 saturated heterocycles. The van der Waals surface area contributed by atoms with Gasteiger partial charge in [0, 0.05) is 36.9 Å². The van der Waals surface area contributed by atoms with Crippen LogP contribution in [-0.4, -0.2) is 9.97 Å². The number of benzene rings is 8. The van der Waals surface area contributed by atoms with Gasteiger partial charge < -0.3 is 0 Å². The standard InChI is InChI=1S/C48H30N2S/c1-3-12-31(13-4-1)36-26-37(40-19-11-20-42-41-18-9-10-21-46(41)51-47(40)42)28-38(27-36)45-30-44(49-48(50-45)34-15-5-2-6-16-34)35-25-24-33-23-22-32-14-7-8-17-39(32)43(33)29-35/h1-30H. The van der Waals surface area contributed by atoms with Crippen LogP contribution in [0.5, 0.6) is 0 Å². The average molecular weight is 667 g/mol. The fourth-order valence-electron chi connectivity index (χ4n) is 7.32. The zero-order valence-corrected chi connectivity index (χ0v) is 28.4. The SMILES string of the molecule is c1ccc(-c2cc(-c3cc(-c4ccc5ccc6ccccc6c5c4)nc(-c4ccccc4)n3)cc(-c3cccc4c3sc3ccccc34)c2)cc1. The van der Waals surface area contributed by atoms with Crippen molar-refractivity contribution in [2.75, 3.05) is 0 Å². The van der Waals surface area contributed by atoms with Gasteiger partial charge in [0.25, 0.3) is 0 Å². The van der Waals surface area contributed by atoms with Crippen molar-refractivity contribution >= 4 is 53.1 Å². The molecule has 10 aromatic rings. The van der Waals surface area contributed by atoms with Gasteiger partial charge in [0.05, 0.1) is 11.4 Å². The Morgan fingerprint density at radius 3 is 1.76 bits per heavy atom. The van der Waals surface area contributed by atoms with Crippen molar-refractivity contribution in [1.82, 2.24) is 9.97 Å². The highest BCUT2D eigenvalue weighted by Crippen LogP contribution is 2.42. The zero-order chi connectivity index (χ0) is 33.7. The Balaban J connectivity index is 1.21. The Bertz CT molecular complexity index is 2910. The van der Waals surface area contributed by atoms with Crippen LogP contribution in [0.4, 0.5) is 0 Å². The van der Waals surface area contributed by atoms with Crippen molar-refractivity contribution in [1.29, 1.82) is 0 Å². The summed E-state index contributed by atoms with van der Waals surface area (Å²) in [7, 11) is 0. The third-order valence-electron chi connectivity index (χ3n) is 9.85. The second kappa shape index (κ2) is 12.2. The largest absolute Gasteiger partial charge is 0.228 e. The van der Waals surface area contributed by atoms with E-state index >= 15 is 0 Å². The third kappa shape index (κ3) is 5.27. The number of aromatic nitrogens is 2. The molecule has 0 fully saturated rings. The summed E-state index contributed by atoms with van der Waals surface area (Å²) in [5.74, 6) is 0.708. The van der Waals surface area contributed by atoms with Crippen LogP contribution < -0.4 is 0 Å². The van der Waals surface area contributed by atoms with Crippen LogP contribution >= 0.6 is 11.3 Å². The first kappa shape index (κ1) is 29.5. The monoisotopic (exact) mass is 666 g/mol. The summed E-state index contributed by atoms with van der Waals surface area (Å²) < 4.78 is 2.60. The normalized spacial score (nSPS) is 11.5. The predicted molar refractivity (Wildman–Crippen MR) is 217 cm³/mol. The summed E-state index contributed by atoms with van der Waals surface area (Å²) in [6, 6.07) is 65.1. The summed E-state index contributed by atoms with van der Waals surface area (Å²) in [6.45, 7) is 0. The fraction of sp³-hybridized carbons (Fsp3) is 0. The zero-order valence-electron chi connectivity index (χ0n) is 27.6. The predicted octanol–water partition coefficient (Wildman–Crippen LogP) is 13.5. The van der Waals surface area contributed by atoms with Gasteiger partial charge in [0.1, 0.15) is 0 Å². The van der Waals surface area contributed by atoms with Crippen molar-refractivity contribution in [2.24, 2.45) is 0 Å². The lowest BCUT2D eigenvalue weighted by Crippen LogP contribution is -1.96. The number of nitrogens with zero attached hydrogens (tertiary/aromatic N) is 2. The molecule has 2 aromatic heterocycles. The molecule has 0 unspecified atom stereocenters. The number of rotatable bonds is 5. The third-order valence-corrected chi connectivity index (χ3v) is 11.1. The van der Waals surface area contributed by atoms with Gasteiger partial charge in [-0.05, 0) is 80.2 Å². The molecule has 0 aliphatic rings. The lowest BCUT2D eigenvalue weighted by molar-refractivity contribution is 1.18. The van der Waals surface area contributed by atoms with Gasteiger partial charge in [-0.25, -0.2) is 9.97 Å². The Kier molecular flexibility index (Phi) is 7.04. The molecular formula is C48H30N2S. The van der Waals surface area contributed by atoms with Crippen LogP contribution in [0, 0.1) is 0 Å². The summed E-state index contributed by atoms with van der Waals surface area (Å²) in [5, 5.41) is 7.50. The topological polar surface area (TPSA) is 25.8 Å². The fourth-order valence-corrected chi connectivity index (χ4v) is 8.56. The minimum Gasteiger partial charge on any atom is -0.228 e. The van der Waals surface area contributed by atoms with E-state index in [0.29, 0.717) is 5.82 Å². The van der Waals surface area contributed by atoms with E-state index in [-0.39, 0.29) is 0 Å². The maximum atomic E-state index is 5.27. The highest BCUT2D eigenvalue weighted by molar-refractivity contribution is 7.26. The molecular weight excluding hydrogens is 637 g/mol. The molecule has 0 saturated carbocycles. The van der Waals surface area contributed by atoms with E-state index in [4.69, 9.17) is 9.97 Å². The van der Waals surface area contributed by atoms with E-state index in [1.807, 2.05) is 29.5 Å². The summed E-state index contributed by atoms with van der Waals surface area (Å²) in [4.78, 5) is 10.5. The summed E-state index contributed by atoms with van der Waals surface area (Å²) >= 11 is 1.86. The first-order valence-electron chi connectivity index (χ1n) is 17.2. The van der Waals surface area contributed by atoms with Crippen LogP contribution in [0.1, 0.15) is 0 Å². The van der Waals surface area contributed by atoms with Gasteiger partial charge in [-0.2, -0.15) is 0 Å². The minimum absolute atomic E-state index is 0.708. The highest BCUT2D eigenvalue weighted by Gasteiger charge is 2.16. The number of hydrogen-bond acceptors (Lipinski definition) is 3. The Labute approximate surface area is 300 Å². The van der Waals surface area contributed by atoms with Crippen LogP contribution in [0.2, 0.25) is 0 Å². The summed E-state index contributed by atoms with van der Waals surface area (Å²) in [6.07, 6.45) is 0. The smallest absolute Gasteiger partial charge is 0.160 e. The van der Waals surface area contributed by atoms with Crippen LogP contribution in [0.25, 0.3) is 97.9 Å². The van der Waals surface area contributed by atoms with Gasteiger partial charge in [-0.3, -0.25) is 0 Å². The molecule has 10 rings (SSSR count). The first-order chi connectivity index (χ1) is 25.2. The molecule has 2 heterocycles. The molecule has 0 bridgehead atoms. The van der Waals surface area contributed by atoms with Crippen molar-refractivity contribution in [3.63, 3.8) is 0 Å². The molecule has 0 atom stereocenters. The average Bonchev–Trinajstić information content (AvgIpc) is 3.60. The molecule has 0 N–H and O–H groups in total. The second-order valence-corrected chi connectivity index (χ2v) is 14.0. The second-order valence-electron chi connectivity index (χ2n) is 13.0. The van der Waals surface area contributed by atoms with E-state index in [9.17, 15) is 0 Å². The molecule has 51 heavy (non-hydrogen) atoms. The molecule has 0 radical (unpaired) electrons. The number of fused-ring (bicyclic) bond motifs is 6. The molecule has 0 aliphatic heterocycles. The quantitative estimate of drug-likeness (QED) is 0.171. The molecule has 2 nitrogen and oxygen atoms in total. The Hall–Kier alpha value is -6.42. The molecule has 0 amide bonds. The van der Waals surface area contributed by atoms with Gasteiger partial charge in [0.2, 0.25) is 0 Å². The Morgan fingerprint density at radius 2 is 0.941 bits per heavy atom. The van der Waals surface area contributed by atoms with E-state index in [0.717, 1.165) is 33.6 Å². The Morgan fingerprint density at radius 1 is 0.333 bits per heavy atom. The van der Waals surface area contributed by atoms with Crippen molar-refractivity contribution in [3.8, 4) is 56.2 Å². The van der Waals surface area contributed by atoms with E-state index in [2.05, 4.69) is 164 Å². The number of hydrogen-bond donors (Lipinski definition) is 0. The molecule has 8 aromatic carbocycles. The lowest BCUT2D eigenvalue weighted by atomic mass is 9.93. The number of thiophene rings is 1. The van der Waals surface area contributed by atoms with E-state index < -0.39 is 0 Å². The van der Waals surface area contributed by atoms with Gasteiger partial charge in [0.15, 0.2) is 5.82 Å². The highest BCUT2D eigenvalue weighted by atomic mass is 32.1. The molecule has 0 aliphatic carbocycles. The van der Waals surface area contributed by atoms with Gasteiger partial charge in [-0.1, -0.05) is 146 Å². The van der Waals surface area contributed by atoms with Gasteiger partial charge >= 0.3 is 0 Å². The van der Waals surface area contributed by atoms with Crippen molar-refractivity contribution in [2.45, 2.75) is 0 Å². The lowest BCUT2D eigenvalue weighted by Gasteiger charge is -2.14. The molecule has 0 spiro atoms. The molecule has 238 valence electrons. The van der Waals surface area contributed by atoms with Crippen LogP contribution in [-0.2, 0) is 0 Å². The van der Waals surface area contributed by atoms with Crippen LogP contribution in [0.3, 0.4) is 0 Å². The van der Waals surface area contributed by atoms with Crippen molar-refractivity contribution < 1.29 is 0 Å². The van der Waals surface area contributed by atoms with Crippen LogP contribution in [0.15, 0.2) is 182 Å². The van der Waals surface area contributed by atoms with E-state index in [1.54, 1.807) is 0 Å². The first-order valence-corrected chi connectivity index (χ1v) is 18.0. The van der Waals surface area contributed by atoms with E-state index in [1.165, 1.54) is 58.4 Å². The minimum atomic E-state index is 0.708. The maximum Gasteiger partial charge on any atom is 0.160 e. The van der Waals surface area contributed by atoms with Gasteiger partial charge in [-0.15, -0.1) is 11.3 Å². The van der Waals surface area contributed by atoms with Crippen molar-refractivity contribution in [3.05, 3.63) is 182 Å².